The predicted molar refractivity (Wildman–Crippen MR) is 109 cm³/mol. The van der Waals surface area contributed by atoms with E-state index in [4.69, 9.17) is 0 Å². The zero-order valence-electron chi connectivity index (χ0n) is 17.3. The fourth-order valence-electron chi connectivity index (χ4n) is 4.41. The summed E-state index contributed by atoms with van der Waals surface area (Å²) in [6, 6.07) is 1.61. The molecular formula is C22H46N2. The van der Waals surface area contributed by atoms with Gasteiger partial charge in [-0.15, -0.1) is 0 Å². The lowest BCUT2D eigenvalue weighted by Gasteiger charge is -2.36. The summed E-state index contributed by atoms with van der Waals surface area (Å²) in [7, 11) is 4.52. The number of nitrogens with zero attached hydrogens (tertiary/aromatic N) is 1. The Balaban J connectivity index is 2.34. The van der Waals surface area contributed by atoms with Crippen molar-refractivity contribution in [3.8, 4) is 0 Å². The first-order valence-electron chi connectivity index (χ1n) is 11.1. The number of nitrogens with one attached hydrogen (secondary N) is 1. The Kier molecular flexibility index (Phi) is 12.9. The number of hydrogen-bond acceptors (Lipinski definition) is 2. The van der Waals surface area contributed by atoms with E-state index in [2.05, 4.69) is 38.2 Å². The second-order valence-corrected chi connectivity index (χ2v) is 8.30. The van der Waals surface area contributed by atoms with Crippen LogP contribution in [-0.4, -0.2) is 37.6 Å². The molecule has 0 aliphatic heterocycles. The summed E-state index contributed by atoms with van der Waals surface area (Å²) in [4.78, 5) is 2.72. The molecule has 24 heavy (non-hydrogen) atoms. The molecule has 1 N–H and O–H groups in total. The van der Waals surface area contributed by atoms with Crippen molar-refractivity contribution in [2.75, 3.05) is 20.6 Å². The van der Waals surface area contributed by atoms with Gasteiger partial charge in [-0.3, -0.25) is 0 Å². The van der Waals surface area contributed by atoms with E-state index in [1.807, 2.05) is 0 Å². The van der Waals surface area contributed by atoms with Gasteiger partial charge in [0, 0.05) is 18.6 Å². The third-order valence-corrected chi connectivity index (χ3v) is 6.21. The lowest BCUT2D eigenvalue weighted by atomic mass is 9.88. The normalized spacial score (nSPS) is 21.8. The van der Waals surface area contributed by atoms with E-state index in [0.29, 0.717) is 0 Å². The Bertz CT molecular complexity index is 259. The van der Waals surface area contributed by atoms with Crippen LogP contribution in [0.25, 0.3) is 0 Å². The molecule has 0 atom stereocenters. The van der Waals surface area contributed by atoms with Gasteiger partial charge in [0.15, 0.2) is 0 Å². The van der Waals surface area contributed by atoms with E-state index in [1.165, 1.54) is 96.4 Å². The maximum atomic E-state index is 3.47. The van der Waals surface area contributed by atoms with Crippen molar-refractivity contribution < 1.29 is 0 Å². The first-order valence-corrected chi connectivity index (χ1v) is 11.1. The van der Waals surface area contributed by atoms with Gasteiger partial charge in [0.25, 0.3) is 0 Å². The third-order valence-electron chi connectivity index (χ3n) is 6.21. The van der Waals surface area contributed by atoms with Crippen molar-refractivity contribution in [1.82, 2.24) is 10.2 Å². The second kappa shape index (κ2) is 14.1. The van der Waals surface area contributed by atoms with Crippen LogP contribution in [-0.2, 0) is 0 Å². The number of unbranched alkanes of at least 4 members (excludes halogenated alkanes) is 6. The highest BCUT2D eigenvalue weighted by Gasteiger charge is 2.24. The van der Waals surface area contributed by atoms with Crippen molar-refractivity contribution in [2.45, 2.75) is 116 Å². The lowest BCUT2D eigenvalue weighted by Crippen LogP contribution is -2.41. The summed E-state index contributed by atoms with van der Waals surface area (Å²) >= 11 is 0. The van der Waals surface area contributed by atoms with Gasteiger partial charge in [-0.05, 0) is 58.5 Å². The molecule has 0 saturated heterocycles. The third kappa shape index (κ3) is 9.42. The SMILES string of the molecule is CCCCCCC(CCCCCC)CN(C)C1CCC(NC)CC1. The van der Waals surface area contributed by atoms with E-state index in [1.54, 1.807) is 0 Å². The molecule has 0 amide bonds. The molecular weight excluding hydrogens is 292 g/mol. The van der Waals surface area contributed by atoms with Gasteiger partial charge in [0.1, 0.15) is 0 Å². The molecule has 144 valence electrons. The zero-order chi connectivity index (χ0) is 17.6. The summed E-state index contributed by atoms with van der Waals surface area (Å²) in [5.41, 5.74) is 0. The smallest absolute Gasteiger partial charge is 0.00934 e. The maximum absolute atomic E-state index is 3.47. The standard InChI is InChI=1S/C22H46N2/c1-5-7-9-11-13-20(14-12-10-8-6-2)19-24(4)22-17-15-21(23-3)16-18-22/h20-23H,5-19H2,1-4H3. The van der Waals surface area contributed by atoms with Crippen LogP contribution in [0.4, 0.5) is 0 Å². The minimum atomic E-state index is 0.772. The summed E-state index contributed by atoms with van der Waals surface area (Å²) in [5.74, 6) is 0.936. The van der Waals surface area contributed by atoms with Crippen LogP contribution < -0.4 is 5.32 Å². The number of hydrogen-bond donors (Lipinski definition) is 1. The Morgan fingerprint density at radius 3 is 1.83 bits per heavy atom. The summed E-state index contributed by atoms with van der Waals surface area (Å²) < 4.78 is 0. The van der Waals surface area contributed by atoms with Gasteiger partial charge in [-0.2, -0.15) is 0 Å². The molecule has 0 radical (unpaired) electrons. The molecule has 1 rings (SSSR count). The van der Waals surface area contributed by atoms with Crippen LogP contribution in [0.3, 0.4) is 0 Å². The highest BCUT2D eigenvalue weighted by Crippen LogP contribution is 2.25. The van der Waals surface area contributed by atoms with E-state index in [-0.39, 0.29) is 0 Å². The van der Waals surface area contributed by atoms with E-state index < -0.39 is 0 Å². The van der Waals surface area contributed by atoms with Crippen LogP contribution in [0, 0.1) is 5.92 Å². The monoisotopic (exact) mass is 338 g/mol. The van der Waals surface area contributed by atoms with Gasteiger partial charge < -0.3 is 10.2 Å². The molecule has 0 aromatic carbocycles. The van der Waals surface area contributed by atoms with Crippen LogP contribution in [0.2, 0.25) is 0 Å². The topological polar surface area (TPSA) is 15.3 Å². The van der Waals surface area contributed by atoms with Crippen molar-refractivity contribution >= 4 is 0 Å². The summed E-state index contributed by atoms with van der Waals surface area (Å²) in [6.45, 7) is 5.97. The Hall–Kier alpha value is -0.0800. The molecule has 0 heterocycles. The Labute approximate surface area is 153 Å². The van der Waals surface area contributed by atoms with E-state index in [0.717, 1.165) is 18.0 Å². The van der Waals surface area contributed by atoms with Crippen molar-refractivity contribution in [3.05, 3.63) is 0 Å². The first-order chi connectivity index (χ1) is 11.7. The van der Waals surface area contributed by atoms with Gasteiger partial charge in [0.2, 0.25) is 0 Å². The zero-order valence-corrected chi connectivity index (χ0v) is 17.3. The molecule has 0 aromatic heterocycles. The van der Waals surface area contributed by atoms with Gasteiger partial charge in [0.05, 0.1) is 0 Å². The highest BCUT2D eigenvalue weighted by molar-refractivity contribution is 4.82. The summed E-state index contributed by atoms with van der Waals surface area (Å²) in [6.07, 6.45) is 19.8. The minimum absolute atomic E-state index is 0.772. The quantitative estimate of drug-likeness (QED) is 0.390. The molecule has 0 aromatic rings. The highest BCUT2D eigenvalue weighted by atomic mass is 15.1. The van der Waals surface area contributed by atoms with Crippen LogP contribution in [0.1, 0.15) is 104 Å². The predicted octanol–water partition coefficient (Wildman–Crippen LogP) is 6.01. The van der Waals surface area contributed by atoms with Crippen molar-refractivity contribution in [3.63, 3.8) is 0 Å². The molecule has 1 fully saturated rings. The van der Waals surface area contributed by atoms with Crippen LogP contribution in [0.15, 0.2) is 0 Å². The maximum Gasteiger partial charge on any atom is 0.00934 e. The molecule has 2 heteroatoms. The fraction of sp³-hybridized carbons (Fsp3) is 1.00. The molecule has 2 nitrogen and oxygen atoms in total. The Morgan fingerprint density at radius 1 is 0.833 bits per heavy atom. The molecule has 0 spiro atoms. The van der Waals surface area contributed by atoms with Crippen molar-refractivity contribution in [2.24, 2.45) is 5.92 Å². The van der Waals surface area contributed by atoms with Gasteiger partial charge in [-0.1, -0.05) is 65.2 Å². The first kappa shape index (κ1) is 22.0. The Morgan fingerprint density at radius 2 is 1.38 bits per heavy atom. The molecule has 1 saturated carbocycles. The fourth-order valence-corrected chi connectivity index (χ4v) is 4.41. The molecule has 0 unspecified atom stereocenters. The van der Waals surface area contributed by atoms with Crippen LogP contribution >= 0.6 is 0 Å². The number of rotatable bonds is 14. The van der Waals surface area contributed by atoms with Gasteiger partial charge >= 0.3 is 0 Å². The summed E-state index contributed by atoms with van der Waals surface area (Å²) in [5, 5.41) is 3.47. The van der Waals surface area contributed by atoms with Gasteiger partial charge in [-0.25, -0.2) is 0 Å². The lowest BCUT2D eigenvalue weighted by molar-refractivity contribution is 0.146. The average molecular weight is 339 g/mol. The van der Waals surface area contributed by atoms with Crippen molar-refractivity contribution in [1.29, 1.82) is 0 Å². The van der Waals surface area contributed by atoms with E-state index in [9.17, 15) is 0 Å². The molecule has 1 aliphatic carbocycles. The molecule has 1 aliphatic rings. The minimum Gasteiger partial charge on any atom is -0.317 e. The molecule has 0 bridgehead atoms. The van der Waals surface area contributed by atoms with E-state index >= 15 is 0 Å². The van der Waals surface area contributed by atoms with Crippen LogP contribution in [0.5, 0.6) is 0 Å². The second-order valence-electron chi connectivity index (χ2n) is 8.30. The largest absolute Gasteiger partial charge is 0.317 e. The average Bonchev–Trinajstić information content (AvgIpc) is 2.62.